The molecule has 0 aromatic heterocycles. The number of ether oxygens (including phenoxy) is 2. The van der Waals surface area contributed by atoms with Crippen LogP contribution in [0.1, 0.15) is 35.8 Å². The highest BCUT2D eigenvalue weighted by Crippen LogP contribution is 2.29. The standard InChI is InChI=1S/C27H32N4O5/c1-4-36-22-11-7-20(8-12-22)25-24(26(33)35-3)23(28-27(34)29-25)17-30-13-15-31(16-14-30)21-9-5-19(6-10-21)18(2)32/h5-12,25H,4,13-17H2,1-3H3,(H2,28,29,34)/t25-/m0/s1. The van der Waals surface area contributed by atoms with Crippen LogP contribution in [-0.4, -0.2) is 69.1 Å². The van der Waals surface area contributed by atoms with Crippen LogP contribution in [-0.2, 0) is 9.53 Å². The molecule has 1 fully saturated rings. The van der Waals surface area contributed by atoms with Crippen LogP contribution in [0.15, 0.2) is 59.8 Å². The minimum Gasteiger partial charge on any atom is -0.494 e. The van der Waals surface area contributed by atoms with Crippen LogP contribution in [0.3, 0.4) is 0 Å². The molecule has 2 aliphatic heterocycles. The van der Waals surface area contributed by atoms with E-state index < -0.39 is 12.0 Å². The predicted octanol–water partition coefficient (Wildman–Crippen LogP) is 2.89. The molecule has 9 nitrogen and oxygen atoms in total. The summed E-state index contributed by atoms with van der Waals surface area (Å²) in [5, 5.41) is 5.69. The molecule has 2 heterocycles. The SMILES string of the molecule is CCOc1ccc([C@@H]2NC(=O)NC(CN3CCN(c4ccc(C(C)=O)cc4)CC3)=C2C(=O)OC)cc1. The van der Waals surface area contributed by atoms with Crippen molar-refractivity contribution in [2.75, 3.05) is 51.3 Å². The van der Waals surface area contributed by atoms with Crippen molar-refractivity contribution >= 4 is 23.5 Å². The number of Topliss-reactive ketones (excluding diaryl/α,β-unsaturated/α-hetero) is 1. The maximum atomic E-state index is 12.8. The number of ketones is 1. The van der Waals surface area contributed by atoms with Crippen molar-refractivity contribution < 1.29 is 23.9 Å². The van der Waals surface area contributed by atoms with Gasteiger partial charge in [-0.25, -0.2) is 9.59 Å². The molecular weight excluding hydrogens is 460 g/mol. The van der Waals surface area contributed by atoms with Gasteiger partial charge in [-0.3, -0.25) is 9.69 Å². The quantitative estimate of drug-likeness (QED) is 0.432. The lowest BCUT2D eigenvalue weighted by Crippen LogP contribution is -2.51. The summed E-state index contributed by atoms with van der Waals surface area (Å²) in [6, 6.07) is 14.0. The van der Waals surface area contributed by atoms with Crippen molar-refractivity contribution in [3.05, 3.63) is 70.9 Å². The van der Waals surface area contributed by atoms with E-state index in [1.807, 2.05) is 55.5 Å². The largest absolute Gasteiger partial charge is 0.494 e. The van der Waals surface area contributed by atoms with Gasteiger partial charge in [0.05, 0.1) is 25.3 Å². The molecule has 2 N–H and O–H groups in total. The minimum atomic E-state index is -0.627. The van der Waals surface area contributed by atoms with Gasteiger partial charge in [-0.05, 0) is 55.8 Å². The van der Waals surface area contributed by atoms with Crippen LogP contribution < -0.4 is 20.3 Å². The molecule has 36 heavy (non-hydrogen) atoms. The number of rotatable bonds is 8. The predicted molar refractivity (Wildman–Crippen MR) is 136 cm³/mol. The topological polar surface area (TPSA) is 100 Å². The molecule has 9 heteroatoms. The van der Waals surface area contributed by atoms with Crippen molar-refractivity contribution in [3.8, 4) is 5.75 Å². The van der Waals surface area contributed by atoms with Gasteiger partial charge in [-0.15, -0.1) is 0 Å². The van der Waals surface area contributed by atoms with E-state index in [1.54, 1.807) is 6.92 Å². The normalized spacial score (nSPS) is 18.4. The molecule has 4 rings (SSSR count). The van der Waals surface area contributed by atoms with Crippen LogP contribution >= 0.6 is 0 Å². The van der Waals surface area contributed by atoms with Gasteiger partial charge in [0.25, 0.3) is 0 Å². The smallest absolute Gasteiger partial charge is 0.338 e. The third kappa shape index (κ3) is 5.68. The number of benzene rings is 2. The summed E-state index contributed by atoms with van der Waals surface area (Å²) in [5.74, 6) is 0.285. The fourth-order valence-electron chi connectivity index (χ4n) is 4.56. The molecule has 2 amide bonds. The maximum Gasteiger partial charge on any atom is 0.338 e. The van der Waals surface area contributed by atoms with Gasteiger partial charge in [0.15, 0.2) is 5.78 Å². The summed E-state index contributed by atoms with van der Waals surface area (Å²) in [6.45, 7) is 7.52. The summed E-state index contributed by atoms with van der Waals surface area (Å²) in [5.41, 5.74) is 3.47. The number of anilines is 1. The van der Waals surface area contributed by atoms with E-state index in [1.165, 1.54) is 7.11 Å². The number of amides is 2. The summed E-state index contributed by atoms with van der Waals surface area (Å²) >= 11 is 0. The number of hydrogen-bond donors (Lipinski definition) is 2. The highest BCUT2D eigenvalue weighted by atomic mass is 16.5. The van der Waals surface area contributed by atoms with E-state index in [2.05, 4.69) is 20.4 Å². The molecule has 2 aromatic carbocycles. The first-order valence-corrected chi connectivity index (χ1v) is 12.1. The van der Waals surface area contributed by atoms with Gasteiger partial charge in [0.2, 0.25) is 0 Å². The first-order valence-electron chi connectivity index (χ1n) is 12.1. The summed E-state index contributed by atoms with van der Waals surface area (Å²) in [6.07, 6.45) is 0. The van der Waals surface area contributed by atoms with Crippen LogP contribution in [0.5, 0.6) is 5.75 Å². The van der Waals surface area contributed by atoms with Crippen LogP contribution in [0.2, 0.25) is 0 Å². The minimum absolute atomic E-state index is 0.0496. The van der Waals surface area contributed by atoms with E-state index in [4.69, 9.17) is 9.47 Å². The second kappa shape index (κ2) is 11.3. The molecule has 0 saturated carbocycles. The fraction of sp³-hybridized carbons (Fsp3) is 0.370. The van der Waals surface area contributed by atoms with E-state index in [9.17, 15) is 14.4 Å². The Balaban J connectivity index is 1.50. The van der Waals surface area contributed by atoms with Crippen molar-refractivity contribution in [2.24, 2.45) is 0 Å². The maximum absolute atomic E-state index is 12.8. The number of esters is 1. The number of carbonyl (C=O) groups is 3. The lowest BCUT2D eigenvalue weighted by molar-refractivity contribution is -0.136. The van der Waals surface area contributed by atoms with E-state index >= 15 is 0 Å². The zero-order valence-corrected chi connectivity index (χ0v) is 20.9. The Morgan fingerprint density at radius 2 is 1.67 bits per heavy atom. The second-order valence-electron chi connectivity index (χ2n) is 8.78. The molecule has 0 radical (unpaired) electrons. The zero-order chi connectivity index (χ0) is 25.7. The van der Waals surface area contributed by atoms with Crippen molar-refractivity contribution in [2.45, 2.75) is 19.9 Å². The first-order chi connectivity index (χ1) is 17.4. The Morgan fingerprint density at radius 1 is 1.00 bits per heavy atom. The van der Waals surface area contributed by atoms with Crippen molar-refractivity contribution in [3.63, 3.8) is 0 Å². The van der Waals surface area contributed by atoms with Crippen molar-refractivity contribution in [1.82, 2.24) is 15.5 Å². The molecule has 190 valence electrons. The molecule has 2 aromatic rings. The van der Waals surface area contributed by atoms with Crippen LogP contribution in [0, 0.1) is 0 Å². The molecule has 1 saturated heterocycles. The van der Waals surface area contributed by atoms with Gasteiger partial charge in [-0.1, -0.05) is 12.1 Å². The van der Waals surface area contributed by atoms with Crippen LogP contribution in [0.25, 0.3) is 0 Å². The first kappa shape index (κ1) is 25.2. The lowest BCUT2D eigenvalue weighted by atomic mass is 9.95. The molecule has 0 aliphatic carbocycles. The Morgan fingerprint density at radius 3 is 2.25 bits per heavy atom. The number of urea groups is 1. The molecule has 0 unspecified atom stereocenters. The molecular formula is C27H32N4O5. The van der Waals surface area contributed by atoms with Crippen LogP contribution in [0.4, 0.5) is 10.5 Å². The molecule has 0 bridgehead atoms. The third-order valence-corrected chi connectivity index (χ3v) is 6.48. The average Bonchev–Trinajstić information content (AvgIpc) is 2.89. The lowest BCUT2D eigenvalue weighted by Gasteiger charge is -2.38. The summed E-state index contributed by atoms with van der Waals surface area (Å²) in [7, 11) is 1.34. The van der Waals surface area contributed by atoms with Gasteiger partial charge >= 0.3 is 12.0 Å². The third-order valence-electron chi connectivity index (χ3n) is 6.48. The number of nitrogens with zero attached hydrogens (tertiary/aromatic N) is 2. The summed E-state index contributed by atoms with van der Waals surface area (Å²) in [4.78, 5) is 41.4. The van der Waals surface area contributed by atoms with E-state index in [-0.39, 0.29) is 11.8 Å². The number of nitrogens with one attached hydrogen (secondary N) is 2. The number of piperazine rings is 1. The number of carbonyl (C=O) groups excluding carboxylic acids is 3. The summed E-state index contributed by atoms with van der Waals surface area (Å²) < 4.78 is 10.6. The van der Waals surface area contributed by atoms with Gasteiger partial charge in [0.1, 0.15) is 5.75 Å². The number of methoxy groups -OCH3 is 1. The molecule has 0 spiro atoms. The number of hydrogen-bond acceptors (Lipinski definition) is 7. The Kier molecular flexibility index (Phi) is 7.90. The van der Waals surface area contributed by atoms with E-state index in [0.717, 1.165) is 43.2 Å². The van der Waals surface area contributed by atoms with Crippen molar-refractivity contribution in [1.29, 1.82) is 0 Å². The van der Waals surface area contributed by atoms with Gasteiger partial charge < -0.3 is 25.0 Å². The fourth-order valence-corrected chi connectivity index (χ4v) is 4.56. The van der Waals surface area contributed by atoms with Gasteiger partial charge in [-0.2, -0.15) is 0 Å². The zero-order valence-electron chi connectivity index (χ0n) is 20.9. The Bertz CT molecular complexity index is 1140. The highest BCUT2D eigenvalue weighted by Gasteiger charge is 2.34. The molecule has 2 aliphatic rings. The Labute approximate surface area is 211 Å². The second-order valence-corrected chi connectivity index (χ2v) is 8.78. The highest BCUT2D eigenvalue weighted by molar-refractivity contribution is 5.95. The van der Waals surface area contributed by atoms with E-state index in [0.29, 0.717) is 30.0 Å². The van der Waals surface area contributed by atoms with Gasteiger partial charge in [0, 0.05) is 49.7 Å². The molecule has 1 atom stereocenters. The Hall–Kier alpha value is -3.85. The monoisotopic (exact) mass is 492 g/mol. The average molecular weight is 493 g/mol.